The van der Waals surface area contributed by atoms with Crippen LogP contribution < -0.4 is 5.32 Å². The molecule has 0 spiro atoms. The van der Waals surface area contributed by atoms with Gasteiger partial charge in [-0.15, -0.1) is 5.10 Å². The Bertz CT molecular complexity index is 797. The minimum absolute atomic E-state index is 0.132. The fourth-order valence-electron chi connectivity index (χ4n) is 3.44. The van der Waals surface area contributed by atoms with Crippen LogP contribution >= 0.6 is 0 Å². The predicted octanol–water partition coefficient (Wildman–Crippen LogP) is 1.95. The molecule has 0 bridgehead atoms. The molecule has 1 aliphatic heterocycles. The third kappa shape index (κ3) is 3.05. The summed E-state index contributed by atoms with van der Waals surface area (Å²) in [6.45, 7) is 2.57. The summed E-state index contributed by atoms with van der Waals surface area (Å²) in [6.07, 6.45) is 6.22. The van der Waals surface area contributed by atoms with E-state index in [1.807, 2.05) is 19.4 Å². The maximum Gasteiger partial charge on any atom is 0.113 e. The lowest BCUT2D eigenvalue weighted by atomic mass is 9.91. The maximum atomic E-state index is 5.98. The van der Waals surface area contributed by atoms with Crippen LogP contribution in [0.5, 0.6) is 0 Å². The van der Waals surface area contributed by atoms with Crippen LogP contribution in [0.15, 0.2) is 30.6 Å². The number of benzene rings is 1. The van der Waals surface area contributed by atoms with Gasteiger partial charge in [0.15, 0.2) is 0 Å². The smallest absolute Gasteiger partial charge is 0.113 e. The number of hydrogen-bond donors (Lipinski definition) is 2. The first-order valence-electron chi connectivity index (χ1n) is 8.40. The maximum absolute atomic E-state index is 5.98. The minimum Gasteiger partial charge on any atom is -0.373 e. The van der Waals surface area contributed by atoms with E-state index in [9.17, 15) is 0 Å². The van der Waals surface area contributed by atoms with Crippen LogP contribution in [0.1, 0.15) is 30.1 Å². The number of ether oxygens (including phenoxy) is 1. The summed E-state index contributed by atoms with van der Waals surface area (Å²) in [6, 6.07) is 6.30. The van der Waals surface area contributed by atoms with Crippen LogP contribution in [-0.4, -0.2) is 38.3 Å². The highest BCUT2D eigenvalue weighted by atomic mass is 16.5. The lowest BCUT2D eigenvalue weighted by Crippen LogP contribution is -2.31. The number of aromatic amines is 1. The fourth-order valence-corrected chi connectivity index (χ4v) is 3.44. The van der Waals surface area contributed by atoms with Gasteiger partial charge in [0.25, 0.3) is 0 Å². The molecule has 24 heavy (non-hydrogen) atoms. The average Bonchev–Trinajstić information content (AvgIpc) is 3.26. The Balaban J connectivity index is 1.38. The van der Waals surface area contributed by atoms with E-state index in [1.54, 1.807) is 4.68 Å². The van der Waals surface area contributed by atoms with E-state index < -0.39 is 0 Å². The molecule has 0 aliphatic carbocycles. The molecule has 4 rings (SSSR count). The van der Waals surface area contributed by atoms with Crippen LogP contribution in [-0.2, 0) is 18.3 Å². The molecule has 3 aromatic rings. The van der Waals surface area contributed by atoms with Crippen molar-refractivity contribution in [1.82, 2.24) is 30.5 Å². The van der Waals surface area contributed by atoms with Gasteiger partial charge in [-0.2, -0.15) is 5.10 Å². The molecule has 1 aromatic carbocycles. The highest BCUT2D eigenvalue weighted by molar-refractivity contribution is 5.74. The van der Waals surface area contributed by atoms with Gasteiger partial charge in [-0.1, -0.05) is 11.3 Å². The van der Waals surface area contributed by atoms with Crippen molar-refractivity contribution in [3.63, 3.8) is 0 Å². The van der Waals surface area contributed by atoms with Gasteiger partial charge in [0, 0.05) is 44.4 Å². The average molecular weight is 326 g/mol. The molecule has 3 heterocycles. The van der Waals surface area contributed by atoms with Crippen LogP contribution in [0.4, 0.5) is 0 Å². The Morgan fingerprint density at radius 2 is 2.38 bits per heavy atom. The quantitative estimate of drug-likeness (QED) is 0.749. The van der Waals surface area contributed by atoms with Gasteiger partial charge in [0.2, 0.25) is 0 Å². The van der Waals surface area contributed by atoms with Gasteiger partial charge < -0.3 is 10.1 Å². The van der Waals surface area contributed by atoms with Crippen molar-refractivity contribution in [2.75, 3.05) is 13.2 Å². The van der Waals surface area contributed by atoms with Crippen LogP contribution in [0, 0.1) is 5.92 Å². The number of aromatic nitrogens is 5. The monoisotopic (exact) mass is 326 g/mol. The normalized spacial score (nSPS) is 21.4. The number of fused-ring (bicyclic) bond motifs is 1. The molecule has 2 N–H and O–H groups in total. The Hall–Kier alpha value is -2.25. The molecule has 1 saturated heterocycles. The summed E-state index contributed by atoms with van der Waals surface area (Å²) >= 11 is 0. The van der Waals surface area contributed by atoms with Gasteiger partial charge in [-0.25, -0.2) is 4.68 Å². The Morgan fingerprint density at radius 1 is 1.42 bits per heavy atom. The molecule has 2 aromatic heterocycles. The zero-order valence-electron chi connectivity index (χ0n) is 13.8. The summed E-state index contributed by atoms with van der Waals surface area (Å²) in [7, 11) is 1.91. The molecule has 1 fully saturated rings. The summed E-state index contributed by atoms with van der Waals surface area (Å²) < 4.78 is 7.77. The molecule has 0 unspecified atom stereocenters. The fraction of sp³-hybridized carbons (Fsp3) is 0.471. The minimum atomic E-state index is 0.132. The highest BCUT2D eigenvalue weighted by Crippen LogP contribution is 2.32. The van der Waals surface area contributed by atoms with Gasteiger partial charge in [-0.05, 0) is 30.5 Å². The first-order valence-corrected chi connectivity index (χ1v) is 8.40. The second-order valence-corrected chi connectivity index (χ2v) is 6.39. The summed E-state index contributed by atoms with van der Waals surface area (Å²) in [5.41, 5.74) is 4.36. The zero-order valence-corrected chi connectivity index (χ0v) is 13.8. The number of hydrogen-bond acceptors (Lipinski definition) is 5. The van der Waals surface area contributed by atoms with E-state index >= 15 is 0 Å². The number of aryl methyl sites for hydroxylation is 1. The van der Waals surface area contributed by atoms with Crippen LogP contribution in [0.3, 0.4) is 0 Å². The molecule has 0 amide bonds. The van der Waals surface area contributed by atoms with Gasteiger partial charge in [-0.3, -0.25) is 5.10 Å². The standard InChI is InChI=1S/C17H22N6O/c1-23-16-5-4-12(7-15(16)21-22-23)8-18-9-13-3-2-6-24-17(13)14-10-19-20-11-14/h4-5,7,10-11,13,17-18H,2-3,6,8-9H2,1H3,(H,19,20)/t13-,17+/m0/s1. The van der Waals surface area contributed by atoms with Gasteiger partial charge in [0.1, 0.15) is 5.52 Å². The van der Waals surface area contributed by atoms with E-state index in [-0.39, 0.29) is 6.10 Å². The summed E-state index contributed by atoms with van der Waals surface area (Å²) in [5.74, 6) is 0.469. The zero-order chi connectivity index (χ0) is 16.4. The van der Waals surface area contributed by atoms with Crippen molar-refractivity contribution >= 4 is 11.0 Å². The number of nitrogens with one attached hydrogen (secondary N) is 2. The molecule has 7 nitrogen and oxygen atoms in total. The molecule has 0 saturated carbocycles. The van der Waals surface area contributed by atoms with E-state index in [2.05, 4.69) is 44.0 Å². The number of rotatable bonds is 5. The lowest BCUT2D eigenvalue weighted by Gasteiger charge is -2.31. The van der Waals surface area contributed by atoms with E-state index in [4.69, 9.17) is 4.74 Å². The first-order chi connectivity index (χ1) is 11.8. The summed E-state index contributed by atoms with van der Waals surface area (Å²) in [4.78, 5) is 0. The van der Waals surface area contributed by atoms with Crippen molar-refractivity contribution in [1.29, 1.82) is 0 Å². The topological polar surface area (TPSA) is 80.7 Å². The second-order valence-electron chi connectivity index (χ2n) is 6.39. The van der Waals surface area contributed by atoms with E-state index in [0.29, 0.717) is 5.92 Å². The number of nitrogens with zero attached hydrogens (tertiary/aromatic N) is 4. The summed E-state index contributed by atoms with van der Waals surface area (Å²) in [5, 5.41) is 18.7. The van der Waals surface area contributed by atoms with E-state index in [1.165, 1.54) is 12.0 Å². The van der Waals surface area contributed by atoms with Crippen molar-refractivity contribution in [2.45, 2.75) is 25.5 Å². The van der Waals surface area contributed by atoms with Gasteiger partial charge >= 0.3 is 0 Å². The van der Waals surface area contributed by atoms with Crippen molar-refractivity contribution < 1.29 is 4.74 Å². The predicted molar refractivity (Wildman–Crippen MR) is 90.2 cm³/mol. The molecular weight excluding hydrogens is 304 g/mol. The van der Waals surface area contributed by atoms with Crippen LogP contribution in [0.2, 0.25) is 0 Å². The highest BCUT2D eigenvalue weighted by Gasteiger charge is 2.27. The molecule has 7 heteroatoms. The third-order valence-electron chi connectivity index (χ3n) is 4.70. The lowest BCUT2D eigenvalue weighted by molar-refractivity contribution is -0.0278. The Labute approximate surface area is 140 Å². The largest absolute Gasteiger partial charge is 0.373 e. The van der Waals surface area contributed by atoms with Crippen LogP contribution in [0.25, 0.3) is 11.0 Å². The van der Waals surface area contributed by atoms with Gasteiger partial charge in [0.05, 0.1) is 17.8 Å². The Morgan fingerprint density at radius 3 is 3.25 bits per heavy atom. The van der Waals surface area contributed by atoms with Crippen molar-refractivity contribution in [2.24, 2.45) is 13.0 Å². The third-order valence-corrected chi connectivity index (χ3v) is 4.70. The molecule has 0 radical (unpaired) electrons. The Kier molecular flexibility index (Phi) is 4.27. The first kappa shape index (κ1) is 15.3. The van der Waals surface area contributed by atoms with E-state index in [0.717, 1.165) is 42.7 Å². The van der Waals surface area contributed by atoms with Crippen molar-refractivity contribution in [3.05, 3.63) is 41.7 Å². The molecule has 126 valence electrons. The SMILES string of the molecule is Cn1nnc2cc(CNC[C@@H]3CCCO[C@H]3c3cn[nH]c3)ccc21. The second kappa shape index (κ2) is 6.70. The molecule has 2 atom stereocenters. The molecular formula is C17H22N6O. The molecule has 1 aliphatic rings. The number of H-pyrrole nitrogens is 1. The van der Waals surface area contributed by atoms with Crippen molar-refractivity contribution in [3.8, 4) is 0 Å².